The maximum Gasteiger partial charge on any atom is 0.404 e. The number of halogens is 1. The molecule has 2 aliphatic heterocycles. The van der Waals surface area contributed by atoms with E-state index >= 15 is 0 Å². The Bertz CT molecular complexity index is 1040. The quantitative estimate of drug-likeness (QED) is 0.504. The number of hydrogen-bond donors (Lipinski definition) is 3. The smallest absolute Gasteiger partial charge is 0.404 e. The monoisotopic (exact) mass is 518 g/mol. The largest absolute Gasteiger partial charge is 0.449 e. The molecule has 2 aliphatic rings. The van der Waals surface area contributed by atoms with Crippen LogP contribution >= 0.6 is 23.4 Å². The number of aromatic nitrogens is 2. The number of nitrogens with one attached hydrogen (secondary N) is 2. The normalized spacial score (nSPS) is 18.2. The van der Waals surface area contributed by atoms with Crippen LogP contribution in [-0.2, 0) is 9.53 Å². The second-order valence-electron chi connectivity index (χ2n) is 9.35. The van der Waals surface area contributed by atoms with Gasteiger partial charge in [0.1, 0.15) is 10.8 Å². The van der Waals surface area contributed by atoms with E-state index in [2.05, 4.69) is 32.4 Å². The van der Waals surface area contributed by atoms with E-state index in [0.717, 1.165) is 62.6 Å². The third kappa shape index (κ3) is 6.77. The van der Waals surface area contributed by atoms with Crippen molar-refractivity contribution in [2.75, 3.05) is 43.0 Å². The number of ether oxygens (including phenoxy) is 1. The predicted molar refractivity (Wildman–Crippen MR) is 137 cm³/mol. The molecule has 0 spiro atoms. The molecular formula is C24H31ClN6O3S. The molecule has 4 rings (SSSR count). The first kappa shape index (κ1) is 25.5. The first-order valence-corrected chi connectivity index (χ1v) is 13.0. The molecule has 0 radical (unpaired) electrons. The van der Waals surface area contributed by atoms with Gasteiger partial charge in [-0.2, -0.15) is 0 Å². The second-order valence-corrected chi connectivity index (χ2v) is 10.8. The Labute approximate surface area is 214 Å². The number of hydrogen-bond acceptors (Lipinski definition) is 8. The highest BCUT2D eigenvalue weighted by Crippen LogP contribution is 2.37. The van der Waals surface area contributed by atoms with Gasteiger partial charge in [-0.05, 0) is 50.9 Å². The van der Waals surface area contributed by atoms with E-state index in [1.165, 1.54) is 11.8 Å². The zero-order valence-electron chi connectivity index (χ0n) is 19.8. The maximum atomic E-state index is 12.6. The number of rotatable bonds is 7. The fourth-order valence-corrected chi connectivity index (χ4v) is 5.38. The van der Waals surface area contributed by atoms with Gasteiger partial charge in [0.05, 0.1) is 29.7 Å². The molecule has 2 saturated heterocycles. The Hall–Kier alpha value is -2.56. The molecule has 1 aromatic heterocycles. The van der Waals surface area contributed by atoms with Gasteiger partial charge in [-0.1, -0.05) is 36.4 Å². The van der Waals surface area contributed by atoms with Gasteiger partial charge in [-0.15, -0.1) is 0 Å². The predicted octanol–water partition coefficient (Wildman–Crippen LogP) is 3.92. The minimum absolute atomic E-state index is 0.00497. The lowest BCUT2D eigenvalue weighted by molar-refractivity contribution is -0.120. The third-order valence-corrected chi connectivity index (χ3v) is 8.12. The molecule has 188 valence electrons. The molecule has 0 atom stereocenters. The summed E-state index contributed by atoms with van der Waals surface area (Å²) in [5, 5.41) is 7.48. The molecule has 0 saturated carbocycles. The van der Waals surface area contributed by atoms with Gasteiger partial charge in [-0.25, -0.2) is 14.8 Å². The topological polar surface area (TPSA) is 122 Å². The SMILES string of the molecule is CC1(COC(N)=O)CCN(c2cnc(Sc3cccc(NC(=O)C4CCNCC4)c3Cl)cn2)CC1. The summed E-state index contributed by atoms with van der Waals surface area (Å²) in [5.74, 6) is 0.824. The first-order valence-electron chi connectivity index (χ1n) is 11.8. The van der Waals surface area contributed by atoms with Crippen LogP contribution in [0.3, 0.4) is 0 Å². The highest BCUT2D eigenvalue weighted by molar-refractivity contribution is 7.99. The molecule has 2 fully saturated rings. The van der Waals surface area contributed by atoms with Crippen LogP contribution in [0.1, 0.15) is 32.6 Å². The molecule has 0 aliphatic carbocycles. The molecule has 2 amide bonds. The van der Waals surface area contributed by atoms with Crippen molar-refractivity contribution in [3.8, 4) is 0 Å². The highest BCUT2D eigenvalue weighted by Gasteiger charge is 2.32. The number of nitrogens with zero attached hydrogens (tertiary/aromatic N) is 3. The van der Waals surface area contributed by atoms with Crippen LogP contribution in [0.15, 0.2) is 40.5 Å². The number of piperidine rings is 2. The van der Waals surface area contributed by atoms with Crippen LogP contribution in [0, 0.1) is 11.3 Å². The molecule has 2 aromatic rings. The Morgan fingerprint density at radius 3 is 2.66 bits per heavy atom. The lowest BCUT2D eigenvalue weighted by atomic mass is 9.81. The highest BCUT2D eigenvalue weighted by atomic mass is 35.5. The average molecular weight is 519 g/mol. The number of carbonyl (C=O) groups excluding carboxylic acids is 2. The summed E-state index contributed by atoms with van der Waals surface area (Å²) in [6.45, 7) is 5.74. The first-order chi connectivity index (χ1) is 16.8. The van der Waals surface area contributed by atoms with Crippen molar-refractivity contribution < 1.29 is 14.3 Å². The van der Waals surface area contributed by atoms with E-state index in [9.17, 15) is 9.59 Å². The number of nitrogens with two attached hydrogens (primary N) is 1. The minimum Gasteiger partial charge on any atom is -0.449 e. The Morgan fingerprint density at radius 1 is 1.26 bits per heavy atom. The summed E-state index contributed by atoms with van der Waals surface area (Å²) >= 11 is 8.03. The van der Waals surface area contributed by atoms with Gasteiger partial charge >= 0.3 is 6.09 Å². The molecule has 35 heavy (non-hydrogen) atoms. The van der Waals surface area contributed by atoms with E-state index in [0.29, 0.717) is 22.3 Å². The van der Waals surface area contributed by atoms with Crippen molar-refractivity contribution in [1.29, 1.82) is 0 Å². The van der Waals surface area contributed by atoms with Crippen molar-refractivity contribution in [3.05, 3.63) is 35.6 Å². The van der Waals surface area contributed by atoms with Crippen molar-refractivity contribution >= 4 is 46.9 Å². The average Bonchev–Trinajstić information content (AvgIpc) is 2.87. The molecule has 0 unspecified atom stereocenters. The fraction of sp³-hybridized carbons (Fsp3) is 0.500. The second kappa shape index (κ2) is 11.5. The van der Waals surface area contributed by atoms with Crippen molar-refractivity contribution in [3.63, 3.8) is 0 Å². The number of primary amides is 1. The fourth-order valence-electron chi connectivity index (χ4n) is 4.31. The molecule has 9 nitrogen and oxygen atoms in total. The summed E-state index contributed by atoms with van der Waals surface area (Å²) < 4.78 is 5.02. The van der Waals surface area contributed by atoms with E-state index in [1.54, 1.807) is 12.4 Å². The molecule has 11 heteroatoms. The van der Waals surface area contributed by atoms with E-state index in [4.69, 9.17) is 22.1 Å². The summed E-state index contributed by atoms with van der Waals surface area (Å²) in [6.07, 6.45) is 6.16. The van der Waals surface area contributed by atoms with Gasteiger partial charge < -0.3 is 26.0 Å². The van der Waals surface area contributed by atoms with Gasteiger partial charge in [0.15, 0.2) is 0 Å². The van der Waals surface area contributed by atoms with E-state index in [-0.39, 0.29) is 17.2 Å². The van der Waals surface area contributed by atoms with Gasteiger partial charge in [0.25, 0.3) is 0 Å². The lowest BCUT2D eigenvalue weighted by Crippen LogP contribution is -2.42. The Morgan fingerprint density at radius 2 is 2.00 bits per heavy atom. The van der Waals surface area contributed by atoms with Crippen molar-refractivity contribution in [2.45, 2.75) is 42.5 Å². The number of anilines is 2. The standard InChI is InChI=1S/C24H31ClN6O3S/c1-24(15-34-23(26)33)7-11-31(12-8-24)19-13-29-20(14-28-19)35-18-4-2-3-17(21(18)25)30-22(32)16-5-9-27-10-6-16/h2-4,13-14,16,27H,5-12,15H2,1H3,(H2,26,33)(H,30,32). The van der Waals surface area contributed by atoms with Crippen molar-refractivity contribution in [2.24, 2.45) is 17.1 Å². The Balaban J connectivity index is 1.34. The van der Waals surface area contributed by atoms with Crippen LogP contribution in [0.25, 0.3) is 0 Å². The summed E-state index contributed by atoms with van der Waals surface area (Å²) in [5.41, 5.74) is 5.63. The third-order valence-electron chi connectivity index (χ3n) is 6.62. The molecule has 0 bridgehead atoms. The number of benzene rings is 1. The van der Waals surface area contributed by atoms with Gasteiger partial charge in [-0.3, -0.25) is 4.79 Å². The summed E-state index contributed by atoms with van der Waals surface area (Å²) in [6, 6.07) is 5.60. The number of amides is 2. The van der Waals surface area contributed by atoms with Crippen LogP contribution in [0.2, 0.25) is 5.02 Å². The van der Waals surface area contributed by atoms with Crippen LogP contribution in [0.5, 0.6) is 0 Å². The zero-order chi connectivity index (χ0) is 24.8. The van der Waals surface area contributed by atoms with Gasteiger partial charge in [0.2, 0.25) is 5.91 Å². The van der Waals surface area contributed by atoms with Crippen LogP contribution in [-0.4, -0.2) is 54.8 Å². The van der Waals surface area contributed by atoms with E-state index < -0.39 is 6.09 Å². The Kier molecular flexibility index (Phi) is 8.35. The van der Waals surface area contributed by atoms with Crippen LogP contribution < -0.4 is 21.3 Å². The molecular weight excluding hydrogens is 488 g/mol. The summed E-state index contributed by atoms with van der Waals surface area (Å²) in [4.78, 5) is 35.7. The number of carbonyl (C=O) groups is 2. The molecule has 3 heterocycles. The summed E-state index contributed by atoms with van der Waals surface area (Å²) in [7, 11) is 0. The minimum atomic E-state index is -0.734. The zero-order valence-corrected chi connectivity index (χ0v) is 21.3. The molecule has 1 aromatic carbocycles. The van der Waals surface area contributed by atoms with E-state index in [1.807, 2.05) is 18.2 Å². The molecule has 4 N–H and O–H groups in total. The van der Waals surface area contributed by atoms with Crippen molar-refractivity contribution in [1.82, 2.24) is 15.3 Å². The van der Waals surface area contributed by atoms with Crippen LogP contribution in [0.4, 0.5) is 16.3 Å². The maximum absolute atomic E-state index is 12.6. The lowest BCUT2D eigenvalue weighted by Gasteiger charge is -2.39. The van der Waals surface area contributed by atoms with Gasteiger partial charge in [0, 0.05) is 29.3 Å².